The van der Waals surface area contributed by atoms with E-state index in [1.165, 1.54) is 83.5 Å². The molecule has 0 aliphatic heterocycles. The molecule has 0 saturated carbocycles. The van der Waals surface area contributed by atoms with E-state index >= 15 is 0 Å². The lowest BCUT2D eigenvalue weighted by molar-refractivity contribution is -1.23. The number of aliphatic hydroxyl groups is 1. The Morgan fingerprint density at radius 2 is 1.04 bits per heavy atom. The number of hydrogen-bond donors (Lipinski definition) is 2. The summed E-state index contributed by atoms with van der Waals surface area (Å²) in [5.41, 5.74) is 0. The third-order valence-corrected chi connectivity index (χ3v) is 4.63. The summed E-state index contributed by atoms with van der Waals surface area (Å²) in [6, 6.07) is 0. The minimum absolute atomic E-state index is 0.0636. The van der Waals surface area contributed by atoms with Crippen LogP contribution in [0.3, 0.4) is 0 Å². The fraction of sp³-hybridized carbons (Fsp3) is 1.00. The van der Waals surface area contributed by atoms with Crippen LogP contribution in [-0.4, -0.2) is 41.9 Å². The molecule has 0 aromatic carbocycles. The zero-order valence-electron chi connectivity index (χ0n) is 16.5. The van der Waals surface area contributed by atoms with Gasteiger partial charge in [-0.1, -0.05) is 96.8 Å². The number of likely N-dealkylation sites (N-methyl/N-ethyl adjacent to an activating group) is 1. The van der Waals surface area contributed by atoms with Gasteiger partial charge in [0.2, 0.25) is 0 Å². The van der Waals surface area contributed by atoms with Crippen LogP contribution in [0.4, 0.5) is 0 Å². The molecule has 0 radical (unpaired) electrons. The first-order valence-corrected chi connectivity index (χ1v) is 10.5. The Morgan fingerprint density at radius 3 is 1.42 bits per heavy atom. The van der Waals surface area contributed by atoms with Crippen molar-refractivity contribution in [2.75, 3.05) is 26.8 Å². The highest BCUT2D eigenvalue weighted by Crippen LogP contribution is 2.13. The van der Waals surface area contributed by atoms with E-state index in [0.717, 1.165) is 12.8 Å². The molecule has 0 aromatic rings. The molecule has 24 heavy (non-hydrogen) atoms. The van der Waals surface area contributed by atoms with Gasteiger partial charge in [-0.05, 0) is 11.2 Å². The van der Waals surface area contributed by atoms with Crippen molar-refractivity contribution >= 4 is 0 Å². The summed E-state index contributed by atoms with van der Waals surface area (Å²) >= 11 is 0. The van der Waals surface area contributed by atoms with Gasteiger partial charge in [0.25, 0.3) is 0 Å². The molecule has 0 aliphatic rings. The lowest BCUT2D eigenvalue weighted by atomic mass is 10.0. The molecule has 0 heterocycles. The van der Waals surface area contributed by atoms with E-state index < -0.39 is 4.81 Å². The van der Waals surface area contributed by atoms with Crippen molar-refractivity contribution in [3.63, 3.8) is 0 Å². The molecule has 2 N–H and O–H groups in total. The van der Waals surface area contributed by atoms with Crippen LogP contribution < -0.4 is 0 Å². The van der Waals surface area contributed by atoms with Gasteiger partial charge in [0.05, 0.1) is 6.61 Å². The molecule has 0 aromatic heterocycles. The first-order chi connectivity index (χ1) is 11.6. The van der Waals surface area contributed by atoms with Gasteiger partial charge in [-0.15, -0.1) is 0 Å². The highest BCUT2D eigenvalue weighted by molar-refractivity contribution is 4.49. The molecule has 0 rings (SSSR count). The monoisotopic (exact) mass is 346 g/mol. The summed E-state index contributed by atoms with van der Waals surface area (Å²) in [6.07, 6.45) is 20.2. The van der Waals surface area contributed by atoms with Crippen LogP contribution in [0.25, 0.3) is 0 Å². The van der Waals surface area contributed by atoms with Gasteiger partial charge in [0.15, 0.2) is 6.54 Å². The van der Waals surface area contributed by atoms with Gasteiger partial charge in [0, 0.05) is 0 Å². The average Bonchev–Trinajstić information content (AvgIpc) is 2.54. The number of hydroxylamine groups is 4. The summed E-state index contributed by atoms with van der Waals surface area (Å²) in [7, 11) is 1.56. The summed E-state index contributed by atoms with van der Waals surface area (Å²) in [4.78, 5) is 4.78. The van der Waals surface area contributed by atoms with Gasteiger partial charge in [0.1, 0.15) is 13.7 Å². The van der Waals surface area contributed by atoms with Gasteiger partial charge in [-0.2, -0.15) is 10.0 Å². The second-order valence-electron chi connectivity index (χ2n) is 7.28. The summed E-state index contributed by atoms with van der Waals surface area (Å²) < 4.78 is 0. The molecule has 0 fully saturated rings. The maximum absolute atomic E-state index is 9.68. The van der Waals surface area contributed by atoms with Gasteiger partial charge in [-0.25, -0.2) is 0 Å². The molecular formula is C20H44NO3+. The Labute approximate surface area is 150 Å². The van der Waals surface area contributed by atoms with Crippen LogP contribution in [-0.2, 0) is 4.84 Å². The lowest BCUT2D eigenvalue weighted by Crippen LogP contribution is -2.42. The molecule has 1 atom stereocenters. The smallest absolute Gasteiger partial charge is 0.165 e. The predicted molar refractivity (Wildman–Crippen MR) is 101 cm³/mol. The quantitative estimate of drug-likeness (QED) is 0.181. The number of aliphatic hydroxyl groups excluding tert-OH is 1. The van der Waals surface area contributed by atoms with Crippen molar-refractivity contribution in [3.05, 3.63) is 0 Å². The Kier molecular flexibility index (Phi) is 17.5. The molecule has 0 aliphatic carbocycles. The minimum atomic E-state index is -0.533. The number of quaternary nitrogens is 1. The van der Waals surface area contributed by atoms with E-state index in [1.54, 1.807) is 7.05 Å². The topological polar surface area (TPSA) is 49.7 Å². The van der Waals surface area contributed by atoms with E-state index in [9.17, 15) is 5.21 Å². The molecule has 0 spiro atoms. The maximum Gasteiger partial charge on any atom is 0.165 e. The molecular weight excluding hydrogens is 302 g/mol. The van der Waals surface area contributed by atoms with Gasteiger partial charge in [-0.3, -0.25) is 0 Å². The molecule has 4 heteroatoms. The van der Waals surface area contributed by atoms with Crippen molar-refractivity contribution in [2.45, 2.75) is 103 Å². The van der Waals surface area contributed by atoms with Crippen LogP contribution in [0.15, 0.2) is 0 Å². The normalized spacial score (nSPS) is 14.0. The van der Waals surface area contributed by atoms with Crippen molar-refractivity contribution < 1.29 is 20.0 Å². The summed E-state index contributed by atoms with van der Waals surface area (Å²) in [5, 5.41) is 18.5. The van der Waals surface area contributed by atoms with Crippen molar-refractivity contribution in [3.8, 4) is 0 Å². The molecule has 0 amide bonds. The molecule has 4 nitrogen and oxygen atoms in total. The van der Waals surface area contributed by atoms with E-state index in [1.807, 2.05) is 0 Å². The molecule has 1 unspecified atom stereocenters. The highest BCUT2D eigenvalue weighted by Gasteiger charge is 2.18. The van der Waals surface area contributed by atoms with Crippen molar-refractivity contribution in [1.82, 2.24) is 0 Å². The zero-order chi connectivity index (χ0) is 17.9. The summed E-state index contributed by atoms with van der Waals surface area (Å²) in [5.74, 6) is 0. The average molecular weight is 347 g/mol. The van der Waals surface area contributed by atoms with Crippen LogP contribution in [0.5, 0.6) is 0 Å². The fourth-order valence-corrected chi connectivity index (χ4v) is 2.98. The zero-order valence-corrected chi connectivity index (χ0v) is 16.5. The van der Waals surface area contributed by atoms with Crippen molar-refractivity contribution in [1.29, 1.82) is 0 Å². The van der Waals surface area contributed by atoms with E-state index in [0.29, 0.717) is 6.61 Å². The van der Waals surface area contributed by atoms with E-state index in [4.69, 9.17) is 9.94 Å². The van der Waals surface area contributed by atoms with Crippen LogP contribution in [0, 0.1) is 0 Å². The number of rotatable bonds is 19. The van der Waals surface area contributed by atoms with E-state index in [-0.39, 0.29) is 13.2 Å². The van der Waals surface area contributed by atoms with Crippen LogP contribution in [0.1, 0.15) is 103 Å². The largest absolute Gasteiger partial charge is 0.390 e. The first-order valence-electron chi connectivity index (χ1n) is 10.5. The fourth-order valence-electron chi connectivity index (χ4n) is 2.98. The third-order valence-electron chi connectivity index (χ3n) is 4.63. The third kappa shape index (κ3) is 18.2. The van der Waals surface area contributed by atoms with Crippen LogP contribution >= 0.6 is 0 Å². The molecule has 0 saturated heterocycles. The van der Waals surface area contributed by atoms with Gasteiger partial charge < -0.3 is 5.11 Å². The Morgan fingerprint density at radius 1 is 0.667 bits per heavy atom. The SMILES string of the molecule is CCCCCCCCCCCCCCCCCO[N+](C)(O)CCO. The lowest BCUT2D eigenvalue weighted by Gasteiger charge is -2.21. The molecule has 146 valence electrons. The highest BCUT2D eigenvalue weighted by atomic mass is 16.9. The maximum atomic E-state index is 9.68. The number of unbranched alkanes of at least 4 members (excludes halogenated alkanes) is 14. The van der Waals surface area contributed by atoms with Crippen molar-refractivity contribution in [2.24, 2.45) is 0 Å². The summed E-state index contributed by atoms with van der Waals surface area (Å²) in [6.45, 7) is 2.99. The first kappa shape index (κ1) is 23.8. The standard InChI is InChI=1S/C20H44NO3/c1-3-4-5-6-7-8-9-10-11-12-13-14-15-16-17-20-24-21(2,23)18-19-22/h22-23H,3-20H2,1-2H3/q+1. The Hall–Kier alpha value is -0.160. The Balaban J connectivity index is 3.10. The number of hydrogen-bond acceptors (Lipinski definition) is 3. The predicted octanol–water partition coefficient (Wildman–Crippen LogP) is 5.62. The van der Waals surface area contributed by atoms with Crippen LogP contribution in [0.2, 0.25) is 0 Å². The second kappa shape index (κ2) is 17.7. The number of nitrogens with zero attached hydrogens (tertiary/aromatic N) is 1. The second-order valence-corrected chi connectivity index (χ2v) is 7.28. The van der Waals surface area contributed by atoms with Gasteiger partial charge >= 0.3 is 0 Å². The molecule has 0 bridgehead atoms. The Bertz CT molecular complexity index is 247. The van der Waals surface area contributed by atoms with E-state index in [2.05, 4.69) is 6.92 Å². The minimum Gasteiger partial charge on any atom is -0.390 e.